The molecule has 6 nitrogen and oxygen atoms in total. The third kappa shape index (κ3) is 5.58. The van der Waals surface area contributed by atoms with Crippen LogP contribution in [0.5, 0.6) is 5.75 Å². The molecule has 3 aromatic carbocycles. The lowest BCUT2D eigenvalue weighted by atomic mass is 9.91. The van der Waals surface area contributed by atoms with Crippen molar-refractivity contribution < 1.29 is 23.4 Å². The molecule has 1 atom stereocenters. The van der Waals surface area contributed by atoms with Gasteiger partial charge in [-0.25, -0.2) is 18.5 Å². The molecule has 0 amide bonds. The average molecular weight is 548 g/mol. The van der Waals surface area contributed by atoms with Crippen LogP contribution in [0.15, 0.2) is 60.7 Å². The van der Waals surface area contributed by atoms with Gasteiger partial charge in [0.05, 0.1) is 12.7 Å². The maximum atomic E-state index is 14.2. The number of aliphatic hydroxyl groups excluding tert-OH is 1. The van der Waals surface area contributed by atoms with E-state index in [4.69, 9.17) is 4.74 Å². The molecule has 0 aliphatic carbocycles. The van der Waals surface area contributed by atoms with Gasteiger partial charge in [0.2, 0.25) is 0 Å². The van der Waals surface area contributed by atoms with Crippen LogP contribution in [0.3, 0.4) is 0 Å². The second-order valence-electron chi connectivity index (χ2n) is 9.91. The monoisotopic (exact) mass is 547 g/mol. The van der Waals surface area contributed by atoms with Gasteiger partial charge in [0.25, 0.3) is 11.7 Å². The highest BCUT2D eigenvalue weighted by Gasteiger charge is 2.30. The maximum Gasteiger partial charge on any atom is 0.290 e. The van der Waals surface area contributed by atoms with E-state index in [-0.39, 0.29) is 29.2 Å². The number of aliphatic hydroxyl groups is 1. The summed E-state index contributed by atoms with van der Waals surface area (Å²) in [6, 6.07) is 15.4. The SMILES string of the molecule is C/C=C\c1cc(C)c(-c2cc(-c3[nH]c(C)c(C(O)Nc4cccc(C(F)(F)CC)c4)[n+]3[O-])ccc2OC)c(C)c1. The topological polar surface area (TPSA) is 84.2 Å². The minimum Gasteiger partial charge on any atom is -0.710 e. The number of aromatic nitrogens is 2. The fraction of sp³-hybridized carbons (Fsp3) is 0.281. The Morgan fingerprint density at radius 1 is 1.10 bits per heavy atom. The molecule has 1 unspecified atom stereocenters. The third-order valence-corrected chi connectivity index (χ3v) is 7.06. The highest BCUT2D eigenvalue weighted by molar-refractivity contribution is 5.81. The van der Waals surface area contributed by atoms with Crippen molar-refractivity contribution in [2.24, 2.45) is 0 Å². The minimum absolute atomic E-state index is 0.0445. The van der Waals surface area contributed by atoms with E-state index in [2.05, 4.69) is 22.4 Å². The first-order valence-corrected chi connectivity index (χ1v) is 13.2. The van der Waals surface area contributed by atoms with Crippen LogP contribution >= 0.6 is 0 Å². The van der Waals surface area contributed by atoms with Crippen molar-refractivity contribution in [2.45, 2.75) is 53.2 Å². The number of ether oxygens (including phenoxy) is 1. The predicted octanol–water partition coefficient (Wildman–Crippen LogP) is 7.55. The fourth-order valence-corrected chi connectivity index (χ4v) is 5.10. The van der Waals surface area contributed by atoms with E-state index in [0.717, 1.165) is 27.8 Å². The number of alkyl halides is 2. The number of H-pyrrole nitrogens is 1. The smallest absolute Gasteiger partial charge is 0.290 e. The standard InChI is InChI=1S/C32H35F2N3O3/c1-7-10-22-15-19(3)28(20(4)16-22)26-17-23(13-14-27(26)40-6)30-35-21(5)29(37(30)39)31(38)36-25-12-9-11-24(18-25)32(33,34)8-2/h7,9-18,31,35-36,38H,8H2,1-6H3/b10-7-. The number of nitrogens with zero attached hydrogens (tertiary/aromatic N) is 1. The molecule has 210 valence electrons. The van der Waals surface area contributed by atoms with Gasteiger partial charge in [-0.3, -0.25) is 0 Å². The minimum atomic E-state index is -2.99. The molecule has 0 aliphatic heterocycles. The first-order valence-electron chi connectivity index (χ1n) is 13.2. The molecule has 40 heavy (non-hydrogen) atoms. The number of allylic oxidation sites excluding steroid dienone is 1. The number of anilines is 1. The van der Waals surface area contributed by atoms with Gasteiger partial charge in [0.15, 0.2) is 11.9 Å². The molecular formula is C32H35F2N3O3. The van der Waals surface area contributed by atoms with Crippen LogP contribution in [0.4, 0.5) is 14.5 Å². The summed E-state index contributed by atoms with van der Waals surface area (Å²) in [6.45, 7) is 9.15. The van der Waals surface area contributed by atoms with Gasteiger partial charge < -0.3 is 20.4 Å². The quantitative estimate of drug-likeness (QED) is 0.115. The van der Waals surface area contributed by atoms with Gasteiger partial charge in [-0.05, 0) is 73.4 Å². The zero-order chi connectivity index (χ0) is 29.2. The summed E-state index contributed by atoms with van der Waals surface area (Å²) in [5.41, 5.74) is 6.29. The summed E-state index contributed by atoms with van der Waals surface area (Å²) >= 11 is 0. The van der Waals surface area contributed by atoms with Gasteiger partial charge in [-0.15, -0.1) is 0 Å². The Morgan fingerprint density at radius 2 is 1.80 bits per heavy atom. The Hall–Kier alpha value is -4.17. The molecule has 3 N–H and O–H groups in total. The summed E-state index contributed by atoms with van der Waals surface area (Å²) in [5.74, 6) is -2.09. The van der Waals surface area contributed by atoms with E-state index in [9.17, 15) is 19.1 Å². The maximum absolute atomic E-state index is 14.2. The number of rotatable bonds is 9. The normalized spacial score (nSPS) is 12.6. The number of halogens is 2. The van der Waals surface area contributed by atoms with Crippen molar-refractivity contribution in [2.75, 3.05) is 12.4 Å². The number of aryl methyl sites for hydroxylation is 3. The van der Waals surface area contributed by atoms with Crippen LogP contribution in [-0.4, -0.2) is 17.2 Å². The molecule has 0 radical (unpaired) electrons. The van der Waals surface area contributed by atoms with Crippen molar-refractivity contribution in [1.82, 2.24) is 4.98 Å². The molecule has 0 saturated carbocycles. The number of benzene rings is 3. The van der Waals surface area contributed by atoms with E-state index in [0.29, 0.717) is 21.7 Å². The third-order valence-electron chi connectivity index (χ3n) is 7.06. The van der Waals surface area contributed by atoms with E-state index in [1.807, 2.05) is 45.1 Å². The van der Waals surface area contributed by atoms with Gasteiger partial charge in [-0.2, -0.15) is 0 Å². The Kier molecular flexibility index (Phi) is 8.30. The predicted molar refractivity (Wildman–Crippen MR) is 155 cm³/mol. The lowest BCUT2D eigenvalue weighted by Crippen LogP contribution is -2.35. The van der Waals surface area contributed by atoms with Crippen LogP contribution in [0.2, 0.25) is 0 Å². The lowest BCUT2D eigenvalue weighted by Gasteiger charge is -2.18. The van der Waals surface area contributed by atoms with Crippen molar-refractivity contribution in [3.05, 3.63) is 99.5 Å². The van der Waals surface area contributed by atoms with E-state index in [1.54, 1.807) is 26.2 Å². The molecule has 4 rings (SSSR count). The van der Waals surface area contributed by atoms with Crippen molar-refractivity contribution in [1.29, 1.82) is 0 Å². The lowest BCUT2D eigenvalue weighted by molar-refractivity contribution is -0.604. The van der Waals surface area contributed by atoms with Crippen molar-refractivity contribution >= 4 is 11.8 Å². The van der Waals surface area contributed by atoms with Crippen molar-refractivity contribution in [3.63, 3.8) is 0 Å². The summed E-state index contributed by atoms with van der Waals surface area (Å²) in [4.78, 5) is 3.09. The van der Waals surface area contributed by atoms with Gasteiger partial charge >= 0.3 is 0 Å². The molecule has 0 fully saturated rings. The Labute approximate surface area is 233 Å². The average Bonchev–Trinajstić information content (AvgIpc) is 3.22. The zero-order valence-corrected chi connectivity index (χ0v) is 23.6. The van der Waals surface area contributed by atoms with E-state index in [1.165, 1.54) is 25.1 Å². The number of methoxy groups -OCH3 is 1. The van der Waals surface area contributed by atoms with Crippen molar-refractivity contribution in [3.8, 4) is 28.3 Å². The zero-order valence-electron chi connectivity index (χ0n) is 23.6. The summed E-state index contributed by atoms with van der Waals surface area (Å²) in [6.07, 6.45) is 2.26. The molecule has 0 aliphatic rings. The number of nitrogens with one attached hydrogen (secondary N) is 2. The number of imidazole rings is 1. The Bertz CT molecular complexity index is 1540. The highest BCUT2D eigenvalue weighted by atomic mass is 19.3. The fourth-order valence-electron chi connectivity index (χ4n) is 5.10. The number of hydrogen-bond acceptors (Lipinski definition) is 4. The first kappa shape index (κ1) is 28.8. The highest BCUT2D eigenvalue weighted by Crippen LogP contribution is 2.38. The molecular weight excluding hydrogens is 512 g/mol. The van der Waals surface area contributed by atoms with Crippen LogP contribution < -0.4 is 14.8 Å². The van der Waals surface area contributed by atoms with Gasteiger partial charge in [0.1, 0.15) is 11.4 Å². The Balaban J connectivity index is 1.72. The summed E-state index contributed by atoms with van der Waals surface area (Å²) in [7, 11) is 1.61. The molecule has 1 aromatic heterocycles. The molecule has 4 aromatic rings. The Morgan fingerprint density at radius 3 is 2.42 bits per heavy atom. The molecule has 1 heterocycles. The largest absolute Gasteiger partial charge is 0.710 e. The van der Waals surface area contributed by atoms with Crippen LogP contribution in [-0.2, 0) is 5.92 Å². The van der Waals surface area contributed by atoms with Gasteiger partial charge in [-0.1, -0.05) is 43.3 Å². The van der Waals surface area contributed by atoms with E-state index >= 15 is 0 Å². The molecule has 0 saturated heterocycles. The summed E-state index contributed by atoms with van der Waals surface area (Å²) in [5, 5.41) is 27.2. The van der Waals surface area contributed by atoms with Crippen LogP contribution in [0, 0.1) is 26.0 Å². The second kappa shape index (κ2) is 11.5. The van der Waals surface area contributed by atoms with Gasteiger partial charge in [0, 0.05) is 30.2 Å². The molecule has 0 bridgehead atoms. The van der Waals surface area contributed by atoms with Crippen LogP contribution in [0.25, 0.3) is 28.6 Å². The second-order valence-corrected chi connectivity index (χ2v) is 9.91. The van der Waals surface area contributed by atoms with E-state index < -0.39 is 12.2 Å². The van der Waals surface area contributed by atoms with Crippen LogP contribution in [0.1, 0.15) is 60.1 Å². The summed E-state index contributed by atoms with van der Waals surface area (Å²) < 4.78 is 34.7. The number of hydrogen-bond donors (Lipinski definition) is 3. The number of aromatic amines is 1. The first-order chi connectivity index (χ1) is 19.0. The molecule has 0 spiro atoms. The molecule has 8 heteroatoms.